The lowest BCUT2D eigenvalue weighted by atomic mass is 10.1. The molecule has 0 spiro atoms. The Labute approximate surface area is 154 Å². The van der Waals surface area contributed by atoms with Crippen molar-refractivity contribution in [2.24, 2.45) is 5.10 Å². The molecule has 0 radical (unpaired) electrons. The van der Waals surface area contributed by atoms with E-state index in [1.165, 1.54) is 4.68 Å². The van der Waals surface area contributed by atoms with E-state index < -0.39 is 0 Å². The van der Waals surface area contributed by atoms with Gasteiger partial charge in [-0.2, -0.15) is 9.78 Å². The second-order valence-electron chi connectivity index (χ2n) is 6.33. The van der Waals surface area contributed by atoms with Crippen LogP contribution in [0.3, 0.4) is 0 Å². The molecule has 0 fully saturated rings. The summed E-state index contributed by atoms with van der Waals surface area (Å²) in [5.41, 5.74) is 3.60. The summed E-state index contributed by atoms with van der Waals surface area (Å²) >= 11 is 3.42. The Morgan fingerprint density at radius 1 is 1.36 bits per heavy atom. The van der Waals surface area contributed by atoms with E-state index in [1.54, 1.807) is 12.3 Å². The molecule has 0 amide bonds. The first-order valence-electron chi connectivity index (χ1n) is 8.33. The maximum Gasteiger partial charge on any atom is 0.282 e. The highest BCUT2D eigenvalue weighted by molar-refractivity contribution is 9.10. The van der Waals surface area contributed by atoms with Crippen molar-refractivity contribution in [1.82, 2.24) is 14.6 Å². The van der Waals surface area contributed by atoms with E-state index >= 15 is 0 Å². The van der Waals surface area contributed by atoms with Gasteiger partial charge in [-0.05, 0) is 44.5 Å². The summed E-state index contributed by atoms with van der Waals surface area (Å²) in [7, 11) is 0. The summed E-state index contributed by atoms with van der Waals surface area (Å²) in [5, 5.41) is 5.04. The van der Waals surface area contributed by atoms with Crippen LogP contribution in [0.25, 0.3) is 10.9 Å². The molecule has 0 saturated carbocycles. The van der Waals surface area contributed by atoms with Gasteiger partial charge in [-0.15, -0.1) is 0 Å². The van der Waals surface area contributed by atoms with Crippen molar-refractivity contribution in [2.75, 3.05) is 0 Å². The number of nitrogens with zero attached hydrogens (tertiary/aromatic N) is 3. The number of benzene rings is 1. The number of H-pyrrole nitrogens is 1. The molecule has 3 rings (SSSR count). The number of hydrogen-bond acceptors (Lipinski definition) is 3. The molecule has 6 heteroatoms. The smallest absolute Gasteiger partial charge is 0.282 e. The van der Waals surface area contributed by atoms with Crippen LogP contribution >= 0.6 is 15.9 Å². The number of rotatable bonds is 4. The monoisotopic (exact) mass is 400 g/mol. The third-order valence-corrected chi connectivity index (χ3v) is 4.88. The van der Waals surface area contributed by atoms with E-state index in [0.29, 0.717) is 16.7 Å². The fourth-order valence-electron chi connectivity index (χ4n) is 2.78. The zero-order chi connectivity index (χ0) is 18.1. The molecule has 3 aromatic rings. The lowest BCUT2D eigenvalue weighted by Gasteiger charge is -2.13. The third-order valence-electron chi connectivity index (χ3n) is 4.39. The first kappa shape index (κ1) is 17.6. The molecule has 0 unspecified atom stereocenters. The minimum atomic E-state index is -0.150. The van der Waals surface area contributed by atoms with Crippen LogP contribution in [0, 0.1) is 13.8 Å². The van der Waals surface area contributed by atoms with E-state index in [4.69, 9.17) is 4.98 Å². The molecular weight excluding hydrogens is 380 g/mol. The molecule has 5 nitrogen and oxygen atoms in total. The minimum Gasteiger partial charge on any atom is -0.362 e. The quantitative estimate of drug-likeness (QED) is 0.655. The van der Waals surface area contributed by atoms with Crippen LogP contribution in [0.4, 0.5) is 0 Å². The van der Waals surface area contributed by atoms with Crippen molar-refractivity contribution in [3.8, 4) is 0 Å². The van der Waals surface area contributed by atoms with Gasteiger partial charge in [0.2, 0.25) is 0 Å². The van der Waals surface area contributed by atoms with Gasteiger partial charge in [0.25, 0.3) is 5.56 Å². The van der Waals surface area contributed by atoms with Crippen molar-refractivity contribution in [1.29, 1.82) is 0 Å². The second-order valence-corrected chi connectivity index (χ2v) is 7.25. The van der Waals surface area contributed by atoms with Crippen LogP contribution in [-0.2, 0) is 0 Å². The molecule has 1 aromatic carbocycles. The van der Waals surface area contributed by atoms with Crippen LogP contribution in [0.2, 0.25) is 0 Å². The number of fused-ring (bicyclic) bond motifs is 1. The fourth-order valence-corrected chi connectivity index (χ4v) is 3.14. The number of hydrogen-bond donors (Lipinski definition) is 1. The van der Waals surface area contributed by atoms with Crippen molar-refractivity contribution >= 4 is 33.0 Å². The van der Waals surface area contributed by atoms with Gasteiger partial charge in [0.15, 0.2) is 0 Å². The van der Waals surface area contributed by atoms with Gasteiger partial charge in [0.1, 0.15) is 5.82 Å². The number of aromatic amines is 1. The van der Waals surface area contributed by atoms with Crippen LogP contribution < -0.4 is 5.56 Å². The van der Waals surface area contributed by atoms with E-state index in [2.05, 4.69) is 39.9 Å². The molecule has 0 bridgehead atoms. The Hall–Kier alpha value is -2.21. The first-order valence-corrected chi connectivity index (χ1v) is 9.12. The predicted molar refractivity (Wildman–Crippen MR) is 106 cm³/mol. The molecule has 0 aliphatic rings. The van der Waals surface area contributed by atoms with Gasteiger partial charge in [-0.3, -0.25) is 4.79 Å². The molecule has 0 aliphatic carbocycles. The predicted octanol–water partition coefficient (Wildman–Crippen LogP) is 4.50. The lowest BCUT2D eigenvalue weighted by molar-refractivity contribution is 0.613. The summed E-state index contributed by atoms with van der Waals surface area (Å²) < 4.78 is 2.29. The topological polar surface area (TPSA) is 63.0 Å². The molecule has 130 valence electrons. The van der Waals surface area contributed by atoms with E-state index in [1.807, 2.05) is 32.0 Å². The molecule has 1 atom stereocenters. The maximum absolute atomic E-state index is 13.0. The fraction of sp³-hybridized carbons (Fsp3) is 0.316. The van der Waals surface area contributed by atoms with Crippen molar-refractivity contribution in [2.45, 2.75) is 40.0 Å². The highest BCUT2D eigenvalue weighted by Gasteiger charge is 2.15. The number of halogens is 1. The van der Waals surface area contributed by atoms with Crippen LogP contribution in [0.1, 0.15) is 49.0 Å². The second kappa shape index (κ2) is 6.96. The molecule has 0 saturated heterocycles. The zero-order valence-electron chi connectivity index (χ0n) is 14.8. The van der Waals surface area contributed by atoms with Gasteiger partial charge in [-0.1, -0.05) is 29.8 Å². The first-order chi connectivity index (χ1) is 11.9. The summed E-state index contributed by atoms with van der Waals surface area (Å²) in [5.74, 6) is 0.815. The van der Waals surface area contributed by atoms with Crippen molar-refractivity contribution in [3.63, 3.8) is 0 Å². The van der Waals surface area contributed by atoms with Crippen LogP contribution in [0.15, 0.2) is 38.6 Å². The van der Waals surface area contributed by atoms with Gasteiger partial charge in [0.05, 0.1) is 17.1 Å². The molecule has 25 heavy (non-hydrogen) atoms. The molecule has 2 heterocycles. The summed E-state index contributed by atoms with van der Waals surface area (Å²) in [4.78, 5) is 21.0. The number of aryl methyl sites for hydroxylation is 2. The third kappa shape index (κ3) is 3.44. The largest absolute Gasteiger partial charge is 0.362 e. The molecule has 1 N–H and O–H groups in total. The van der Waals surface area contributed by atoms with E-state index in [0.717, 1.165) is 27.8 Å². The number of nitrogens with one attached hydrogen (secondary N) is 1. The summed E-state index contributed by atoms with van der Waals surface area (Å²) in [6.07, 6.45) is 2.60. The Kier molecular flexibility index (Phi) is 4.90. The molecule has 0 aliphatic heterocycles. The van der Waals surface area contributed by atoms with Gasteiger partial charge in [0, 0.05) is 27.3 Å². The van der Waals surface area contributed by atoms with Crippen LogP contribution in [-0.4, -0.2) is 20.9 Å². The standard InChI is InChI=1S/C19H21BrN4O/c1-5-11(2)18-23-17-7-6-15(20)9-16(17)19(25)24(18)21-10-14-8-12(3)22-13(14)4/h6-11,22H,5H2,1-4H3/t11-/m1/s1. The normalized spacial score (nSPS) is 13.0. The average molecular weight is 401 g/mol. The van der Waals surface area contributed by atoms with E-state index in [-0.39, 0.29) is 11.5 Å². The Balaban J connectivity index is 2.22. The lowest BCUT2D eigenvalue weighted by Crippen LogP contribution is -2.23. The van der Waals surface area contributed by atoms with Crippen molar-refractivity contribution in [3.05, 3.63) is 61.9 Å². The van der Waals surface area contributed by atoms with Gasteiger partial charge >= 0.3 is 0 Å². The zero-order valence-corrected chi connectivity index (χ0v) is 16.4. The number of aromatic nitrogens is 3. The highest BCUT2D eigenvalue weighted by atomic mass is 79.9. The Bertz CT molecular complexity index is 1020. The van der Waals surface area contributed by atoms with Gasteiger partial charge in [-0.25, -0.2) is 4.98 Å². The van der Waals surface area contributed by atoms with Gasteiger partial charge < -0.3 is 4.98 Å². The average Bonchev–Trinajstić information content (AvgIpc) is 2.91. The van der Waals surface area contributed by atoms with Crippen molar-refractivity contribution < 1.29 is 0 Å². The van der Waals surface area contributed by atoms with E-state index in [9.17, 15) is 4.79 Å². The maximum atomic E-state index is 13.0. The molecule has 2 aromatic heterocycles. The Morgan fingerprint density at radius 2 is 2.12 bits per heavy atom. The Morgan fingerprint density at radius 3 is 2.76 bits per heavy atom. The summed E-state index contributed by atoms with van der Waals surface area (Å²) in [6.45, 7) is 8.12. The molecular formula is C19H21BrN4O. The highest BCUT2D eigenvalue weighted by Crippen LogP contribution is 2.21. The summed E-state index contributed by atoms with van der Waals surface area (Å²) in [6, 6.07) is 7.57. The SMILES string of the molecule is CC[C@@H](C)c1nc2ccc(Br)cc2c(=O)n1N=Cc1cc(C)[nH]c1C. The van der Waals surface area contributed by atoms with Crippen LogP contribution in [0.5, 0.6) is 0 Å². The minimum absolute atomic E-state index is 0.131.